The SMILES string of the molecule is C=CCc1cccc(C(=O)OCCCCC)c1C(=O)OCC.O=C(O)CO. The highest BCUT2D eigenvalue weighted by Gasteiger charge is 2.22. The molecule has 0 heterocycles. The molecule has 0 aliphatic heterocycles. The highest BCUT2D eigenvalue weighted by Crippen LogP contribution is 2.19. The third kappa shape index (κ3) is 9.55. The highest BCUT2D eigenvalue weighted by molar-refractivity contribution is 6.04. The van der Waals surface area contributed by atoms with Gasteiger partial charge in [-0.05, 0) is 31.4 Å². The largest absolute Gasteiger partial charge is 0.480 e. The van der Waals surface area contributed by atoms with Crippen LogP contribution in [-0.2, 0) is 20.7 Å². The Hall–Kier alpha value is -2.67. The van der Waals surface area contributed by atoms with Gasteiger partial charge in [0.2, 0.25) is 0 Å². The van der Waals surface area contributed by atoms with Gasteiger partial charge in [-0.1, -0.05) is 38.0 Å². The second-order valence-corrected chi connectivity index (χ2v) is 5.45. The van der Waals surface area contributed by atoms with Crippen LogP contribution in [0.15, 0.2) is 30.9 Å². The number of esters is 2. The summed E-state index contributed by atoms with van der Waals surface area (Å²) in [6.07, 6.45) is 5.07. The lowest BCUT2D eigenvalue weighted by Gasteiger charge is -2.12. The lowest BCUT2D eigenvalue weighted by molar-refractivity contribution is -0.140. The second kappa shape index (κ2) is 14.5. The monoisotopic (exact) mass is 380 g/mol. The predicted octanol–water partition coefficient (Wildman–Crippen LogP) is 3.00. The highest BCUT2D eigenvalue weighted by atomic mass is 16.5. The van der Waals surface area contributed by atoms with Crippen LogP contribution in [0.1, 0.15) is 59.4 Å². The Bertz CT molecular complexity index is 623. The number of carbonyl (C=O) groups excluding carboxylic acids is 2. The third-order valence-electron chi connectivity index (χ3n) is 3.33. The molecule has 1 aromatic rings. The smallest absolute Gasteiger partial charge is 0.339 e. The standard InChI is InChI=1S/C18H24O4.C2H4O3/c1-4-7-8-13-22-17(19)15-12-9-11-14(10-5-2)16(15)18(20)21-6-3;3-1-2(4)5/h5,9,11-12H,2,4,6-8,10,13H2,1,3H3;3H,1H2,(H,4,5). The first kappa shape index (κ1) is 24.3. The zero-order valence-corrected chi connectivity index (χ0v) is 15.9. The summed E-state index contributed by atoms with van der Waals surface area (Å²) in [7, 11) is 0. The quantitative estimate of drug-likeness (QED) is 0.365. The number of aliphatic carboxylic acids is 1. The number of carbonyl (C=O) groups is 3. The molecule has 0 radical (unpaired) electrons. The summed E-state index contributed by atoms with van der Waals surface area (Å²) in [5.74, 6) is -2.17. The molecule has 0 aromatic heterocycles. The van der Waals surface area contributed by atoms with E-state index < -0.39 is 24.5 Å². The number of benzene rings is 1. The molecule has 0 bridgehead atoms. The number of carboxylic acids is 1. The van der Waals surface area contributed by atoms with Crippen LogP contribution in [0.2, 0.25) is 0 Å². The van der Waals surface area contributed by atoms with E-state index in [1.165, 1.54) is 0 Å². The Balaban J connectivity index is 0.00000119. The summed E-state index contributed by atoms with van der Waals surface area (Å²) in [6.45, 7) is 7.33. The van der Waals surface area contributed by atoms with Gasteiger partial charge in [0.25, 0.3) is 0 Å². The van der Waals surface area contributed by atoms with E-state index in [-0.39, 0.29) is 17.7 Å². The number of carboxylic acid groups (broad SMARTS) is 1. The van der Waals surface area contributed by atoms with E-state index in [1.54, 1.807) is 31.2 Å². The van der Waals surface area contributed by atoms with Crippen LogP contribution < -0.4 is 0 Å². The Labute approximate surface area is 159 Å². The van der Waals surface area contributed by atoms with Crippen LogP contribution in [0.3, 0.4) is 0 Å². The molecule has 0 aliphatic carbocycles. The minimum absolute atomic E-state index is 0.256. The molecule has 0 fully saturated rings. The van der Waals surface area contributed by atoms with Crippen molar-refractivity contribution in [3.8, 4) is 0 Å². The minimum Gasteiger partial charge on any atom is -0.480 e. The van der Waals surface area contributed by atoms with Gasteiger partial charge in [-0.25, -0.2) is 14.4 Å². The lowest BCUT2D eigenvalue weighted by atomic mass is 9.98. The molecular formula is C20H28O7. The van der Waals surface area contributed by atoms with E-state index in [1.807, 2.05) is 0 Å². The zero-order valence-electron chi connectivity index (χ0n) is 15.9. The third-order valence-corrected chi connectivity index (χ3v) is 3.33. The average molecular weight is 380 g/mol. The fraction of sp³-hybridized carbons (Fsp3) is 0.450. The molecule has 0 amide bonds. The van der Waals surface area contributed by atoms with Crippen molar-refractivity contribution in [1.82, 2.24) is 0 Å². The maximum atomic E-state index is 12.2. The molecule has 0 atom stereocenters. The number of hydrogen-bond acceptors (Lipinski definition) is 6. The van der Waals surface area contributed by atoms with Gasteiger partial charge in [0, 0.05) is 0 Å². The minimum atomic E-state index is -1.19. The van der Waals surface area contributed by atoms with Crippen molar-refractivity contribution in [3.63, 3.8) is 0 Å². The van der Waals surface area contributed by atoms with Crippen LogP contribution in [0.4, 0.5) is 0 Å². The first-order valence-corrected chi connectivity index (χ1v) is 8.82. The Morgan fingerprint density at radius 3 is 2.30 bits per heavy atom. The van der Waals surface area contributed by atoms with Gasteiger partial charge in [0.15, 0.2) is 0 Å². The lowest BCUT2D eigenvalue weighted by Crippen LogP contribution is -2.16. The van der Waals surface area contributed by atoms with Crippen LogP contribution in [0.25, 0.3) is 0 Å². The predicted molar refractivity (Wildman–Crippen MR) is 101 cm³/mol. The van der Waals surface area contributed by atoms with Crippen molar-refractivity contribution in [1.29, 1.82) is 0 Å². The van der Waals surface area contributed by atoms with Crippen LogP contribution in [0.5, 0.6) is 0 Å². The normalized spacial score (nSPS) is 9.59. The fourth-order valence-electron chi connectivity index (χ4n) is 2.13. The summed E-state index contributed by atoms with van der Waals surface area (Å²) in [4.78, 5) is 33.5. The Morgan fingerprint density at radius 2 is 1.78 bits per heavy atom. The number of hydrogen-bond donors (Lipinski definition) is 2. The molecule has 7 heteroatoms. The van der Waals surface area contributed by atoms with Gasteiger partial charge in [0.1, 0.15) is 6.61 Å². The van der Waals surface area contributed by atoms with Gasteiger partial charge in [0.05, 0.1) is 24.3 Å². The van der Waals surface area contributed by atoms with Crippen molar-refractivity contribution >= 4 is 17.9 Å². The molecule has 150 valence electrons. The number of unbranched alkanes of at least 4 members (excludes halogenated alkanes) is 2. The molecule has 27 heavy (non-hydrogen) atoms. The number of ether oxygens (including phenoxy) is 2. The fourth-order valence-corrected chi connectivity index (χ4v) is 2.13. The molecule has 1 rings (SSSR count). The van der Waals surface area contributed by atoms with E-state index in [4.69, 9.17) is 24.5 Å². The molecule has 7 nitrogen and oxygen atoms in total. The van der Waals surface area contributed by atoms with E-state index in [0.717, 1.165) is 24.8 Å². The van der Waals surface area contributed by atoms with E-state index in [0.29, 0.717) is 13.0 Å². The second-order valence-electron chi connectivity index (χ2n) is 5.45. The van der Waals surface area contributed by atoms with Gasteiger partial charge < -0.3 is 19.7 Å². The van der Waals surface area contributed by atoms with E-state index >= 15 is 0 Å². The summed E-state index contributed by atoms with van der Waals surface area (Å²) in [5, 5.41) is 15.0. The maximum Gasteiger partial charge on any atom is 0.339 e. The number of aliphatic hydroxyl groups excluding tert-OH is 1. The molecule has 1 aromatic carbocycles. The molecular weight excluding hydrogens is 352 g/mol. The zero-order chi connectivity index (χ0) is 20.7. The van der Waals surface area contributed by atoms with Crippen molar-refractivity contribution < 1.29 is 34.1 Å². The first-order chi connectivity index (χ1) is 12.9. The number of allylic oxidation sites excluding steroid dienone is 1. The van der Waals surface area contributed by atoms with Gasteiger partial charge >= 0.3 is 17.9 Å². The van der Waals surface area contributed by atoms with Crippen LogP contribution in [-0.4, -0.2) is 47.9 Å². The van der Waals surface area contributed by atoms with Gasteiger partial charge in [-0.3, -0.25) is 0 Å². The summed E-state index contributed by atoms with van der Waals surface area (Å²) >= 11 is 0. The van der Waals surface area contributed by atoms with Crippen molar-refractivity contribution in [3.05, 3.63) is 47.5 Å². The Morgan fingerprint density at radius 1 is 1.11 bits per heavy atom. The number of aliphatic hydroxyl groups is 1. The summed E-state index contributed by atoms with van der Waals surface area (Å²) in [6, 6.07) is 5.13. The van der Waals surface area contributed by atoms with Crippen molar-refractivity contribution in [2.75, 3.05) is 19.8 Å². The molecule has 0 aliphatic rings. The van der Waals surface area contributed by atoms with Gasteiger partial charge in [-0.2, -0.15) is 0 Å². The number of rotatable bonds is 10. The first-order valence-electron chi connectivity index (χ1n) is 8.82. The topological polar surface area (TPSA) is 110 Å². The molecule has 0 saturated heterocycles. The molecule has 0 unspecified atom stereocenters. The van der Waals surface area contributed by atoms with Crippen molar-refractivity contribution in [2.24, 2.45) is 0 Å². The Kier molecular flexibility index (Phi) is 13.1. The van der Waals surface area contributed by atoms with Crippen LogP contribution >= 0.6 is 0 Å². The van der Waals surface area contributed by atoms with Crippen LogP contribution in [0, 0.1) is 0 Å². The molecule has 2 N–H and O–H groups in total. The summed E-state index contributed by atoms with van der Waals surface area (Å²) < 4.78 is 10.3. The molecule has 0 saturated carbocycles. The van der Waals surface area contributed by atoms with E-state index in [9.17, 15) is 9.59 Å². The maximum absolute atomic E-state index is 12.2. The summed E-state index contributed by atoms with van der Waals surface area (Å²) in [5.41, 5.74) is 1.26. The van der Waals surface area contributed by atoms with Crippen molar-refractivity contribution in [2.45, 2.75) is 39.5 Å². The average Bonchev–Trinajstić information content (AvgIpc) is 2.65. The van der Waals surface area contributed by atoms with E-state index in [2.05, 4.69) is 13.5 Å². The van der Waals surface area contributed by atoms with Gasteiger partial charge in [-0.15, -0.1) is 6.58 Å². The molecule has 0 spiro atoms.